The molecule has 24 heavy (non-hydrogen) atoms. The molecule has 1 aromatic rings. The first kappa shape index (κ1) is 17.5. The molecule has 0 saturated heterocycles. The van der Waals surface area contributed by atoms with Crippen LogP contribution >= 0.6 is 0 Å². The lowest BCUT2D eigenvalue weighted by Gasteiger charge is -2.36. The van der Waals surface area contributed by atoms with E-state index in [2.05, 4.69) is 9.98 Å². The number of aliphatic imine (C=N–C) groups is 2. The van der Waals surface area contributed by atoms with Crippen molar-refractivity contribution < 1.29 is 19.5 Å². The smallest absolute Gasteiger partial charge is 0.335 e. The van der Waals surface area contributed by atoms with Gasteiger partial charge in [-0.15, -0.1) is 0 Å². The molecule has 0 spiro atoms. The summed E-state index contributed by atoms with van der Waals surface area (Å²) in [6, 6.07) is 6.30. The first-order chi connectivity index (χ1) is 11.3. The first-order valence-corrected chi connectivity index (χ1v) is 7.38. The number of carbonyl (C=O) groups is 1. The lowest BCUT2D eigenvalue weighted by Crippen LogP contribution is -2.53. The fourth-order valence-electron chi connectivity index (χ4n) is 2.14. The highest BCUT2D eigenvalue weighted by atomic mass is 16.7. The SMILES string of the molecule is CC1(C)N=C(N)N=C(N)N1OCCCOc1cccc(C(=O)O)c1. The van der Waals surface area contributed by atoms with Gasteiger partial charge in [0.25, 0.3) is 0 Å². The summed E-state index contributed by atoms with van der Waals surface area (Å²) in [5.41, 5.74) is 10.8. The zero-order chi connectivity index (χ0) is 17.7. The van der Waals surface area contributed by atoms with E-state index in [1.807, 2.05) is 0 Å². The summed E-state index contributed by atoms with van der Waals surface area (Å²) >= 11 is 0. The predicted molar refractivity (Wildman–Crippen MR) is 88.6 cm³/mol. The fourth-order valence-corrected chi connectivity index (χ4v) is 2.14. The maximum absolute atomic E-state index is 10.9. The molecule has 1 aliphatic heterocycles. The van der Waals surface area contributed by atoms with Gasteiger partial charge in [0.1, 0.15) is 5.75 Å². The van der Waals surface area contributed by atoms with Gasteiger partial charge in [-0.3, -0.25) is 4.84 Å². The topological polar surface area (TPSA) is 136 Å². The third-order valence-corrected chi connectivity index (χ3v) is 3.18. The highest BCUT2D eigenvalue weighted by molar-refractivity contribution is 5.95. The molecule has 0 unspecified atom stereocenters. The minimum absolute atomic E-state index is 0.110. The van der Waals surface area contributed by atoms with E-state index in [-0.39, 0.29) is 17.5 Å². The van der Waals surface area contributed by atoms with Crippen molar-refractivity contribution in [3.8, 4) is 5.75 Å². The Morgan fingerprint density at radius 3 is 2.75 bits per heavy atom. The molecule has 9 nitrogen and oxygen atoms in total. The summed E-state index contributed by atoms with van der Waals surface area (Å²) in [7, 11) is 0. The second-order valence-electron chi connectivity index (χ2n) is 5.60. The number of benzene rings is 1. The molecule has 0 bridgehead atoms. The van der Waals surface area contributed by atoms with Gasteiger partial charge >= 0.3 is 5.97 Å². The van der Waals surface area contributed by atoms with Gasteiger partial charge in [-0.1, -0.05) is 6.07 Å². The van der Waals surface area contributed by atoms with Crippen LogP contribution in [0.4, 0.5) is 0 Å². The highest BCUT2D eigenvalue weighted by Gasteiger charge is 2.32. The van der Waals surface area contributed by atoms with E-state index < -0.39 is 11.6 Å². The predicted octanol–water partition coefficient (Wildman–Crippen LogP) is 0.766. The number of rotatable bonds is 7. The van der Waals surface area contributed by atoms with E-state index in [9.17, 15) is 4.79 Å². The largest absolute Gasteiger partial charge is 0.493 e. The number of carboxylic acid groups (broad SMARTS) is 1. The Balaban J connectivity index is 1.78. The molecule has 0 aliphatic carbocycles. The molecule has 130 valence electrons. The number of hydroxylamine groups is 2. The van der Waals surface area contributed by atoms with Crippen molar-refractivity contribution in [1.82, 2.24) is 5.06 Å². The van der Waals surface area contributed by atoms with Crippen LogP contribution in [0.2, 0.25) is 0 Å². The molecule has 0 saturated carbocycles. The van der Waals surface area contributed by atoms with Crippen LogP contribution in [0.15, 0.2) is 34.3 Å². The van der Waals surface area contributed by atoms with Crippen molar-refractivity contribution >= 4 is 17.9 Å². The van der Waals surface area contributed by atoms with E-state index in [1.54, 1.807) is 26.0 Å². The summed E-state index contributed by atoms with van der Waals surface area (Å²) in [5, 5.41) is 10.3. The maximum atomic E-state index is 10.9. The number of guanidine groups is 2. The van der Waals surface area contributed by atoms with Crippen LogP contribution in [0.25, 0.3) is 0 Å². The van der Waals surface area contributed by atoms with Crippen LogP contribution in [-0.2, 0) is 4.84 Å². The van der Waals surface area contributed by atoms with Gasteiger partial charge in [-0.25, -0.2) is 9.79 Å². The number of hydrogen-bond acceptors (Lipinski definition) is 8. The van der Waals surface area contributed by atoms with Gasteiger partial charge in [0.05, 0.1) is 18.8 Å². The van der Waals surface area contributed by atoms with E-state index in [0.29, 0.717) is 25.4 Å². The van der Waals surface area contributed by atoms with Crippen LogP contribution < -0.4 is 16.2 Å². The molecule has 0 atom stereocenters. The molecule has 0 aromatic heterocycles. The average molecular weight is 335 g/mol. The van der Waals surface area contributed by atoms with Gasteiger partial charge in [-0.05, 0) is 32.0 Å². The number of ether oxygens (including phenoxy) is 1. The van der Waals surface area contributed by atoms with E-state index in [1.165, 1.54) is 17.2 Å². The molecule has 1 aromatic carbocycles. The highest BCUT2D eigenvalue weighted by Crippen LogP contribution is 2.20. The molecular formula is C15H21N5O4. The zero-order valence-corrected chi connectivity index (χ0v) is 13.6. The number of nitrogens with zero attached hydrogens (tertiary/aromatic N) is 3. The monoisotopic (exact) mass is 335 g/mol. The molecular weight excluding hydrogens is 314 g/mol. The zero-order valence-electron chi connectivity index (χ0n) is 13.6. The van der Waals surface area contributed by atoms with Gasteiger partial charge in [0.15, 0.2) is 5.66 Å². The van der Waals surface area contributed by atoms with Crippen molar-refractivity contribution in [1.29, 1.82) is 0 Å². The van der Waals surface area contributed by atoms with Crippen LogP contribution in [0.1, 0.15) is 30.6 Å². The van der Waals surface area contributed by atoms with Crippen molar-refractivity contribution in [3.63, 3.8) is 0 Å². The quantitative estimate of drug-likeness (QED) is 0.626. The molecule has 5 N–H and O–H groups in total. The Bertz CT molecular complexity index is 672. The Hall–Kier alpha value is -2.81. The Labute approximate surface area is 139 Å². The van der Waals surface area contributed by atoms with E-state index in [0.717, 1.165) is 0 Å². The number of carboxylic acids is 1. The van der Waals surface area contributed by atoms with Crippen molar-refractivity contribution in [3.05, 3.63) is 29.8 Å². The van der Waals surface area contributed by atoms with Crippen molar-refractivity contribution in [2.45, 2.75) is 25.9 Å². The normalized spacial score (nSPS) is 16.3. The summed E-state index contributed by atoms with van der Waals surface area (Å²) in [6.07, 6.45) is 0.566. The third kappa shape index (κ3) is 4.35. The Morgan fingerprint density at radius 1 is 1.33 bits per heavy atom. The van der Waals surface area contributed by atoms with Crippen LogP contribution in [0.3, 0.4) is 0 Å². The minimum atomic E-state index is -0.995. The van der Waals surface area contributed by atoms with Crippen molar-refractivity contribution in [2.24, 2.45) is 21.5 Å². The second kappa shape index (κ2) is 7.18. The first-order valence-electron chi connectivity index (χ1n) is 7.38. The number of aromatic carboxylic acids is 1. The minimum Gasteiger partial charge on any atom is -0.493 e. The molecule has 0 amide bonds. The summed E-state index contributed by atoms with van der Waals surface area (Å²) in [6.45, 7) is 4.29. The summed E-state index contributed by atoms with van der Waals surface area (Å²) in [4.78, 5) is 24.5. The third-order valence-electron chi connectivity index (χ3n) is 3.18. The molecule has 0 fully saturated rings. The second-order valence-corrected chi connectivity index (χ2v) is 5.60. The Morgan fingerprint density at radius 2 is 2.08 bits per heavy atom. The lowest BCUT2D eigenvalue weighted by atomic mass is 10.2. The van der Waals surface area contributed by atoms with E-state index in [4.69, 9.17) is 26.1 Å². The molecule has 9 heteroatoms. The van der Waals surface area contributed by atoms with Gasteiger partial charge in [-0.2, -0.15) is 10.1 Å². The molecule has 2 rings (SSSR count). The molecule has 1 heterocycles. The van der Waals surface area contributed by atoms with Crippen molar-refractivity contribution in [2.75, 3.05) is 13.2 Å². The van der Waals surface area contributed by atoms with Gasteiger partial charge < -0.3 is 21.3 Å². The lowest BCUT2D eigenvalue weighted by molar-refractivity contribution is -0.158. The fraction of sp³-hybridized carbons (Fsp3) is 0.400. The molecule has 0 radical (unpaired) electrons. The van der Waals surface area contributed by atoms with Gasteiger partial charge in [0.2, 0.25) is 11.9 Å². The maximum Gasteiger partial charge on any atom is 0.335 e. The average Bonchev–Trinajstić information content (AvgIpc) is 2.48. The van der Waals surface area contributed by atoms with Crippen LogP contribution in [-0.4, -0.2) is 46.9 Å². The Kier molecular flexibility index (Phi) is 5.24. The molecule has 1 aliphatic rings. The number of hydrogen-bond donors (Lipinski definition) is 3. The standard InChI is InChI=1S/C15H21N5O4/c1-15(2)19-13(16)18-14(17)20(15)24-8-4-7-23-11-6-3-5-10(9-11)12(21)22/h3,5-6,9H,4,7-8H2,1-2H3,(H,21,22)(H4,16,17,18,19). The summed E-state index contributed by atoms with van der Waals surface area (Å²) < 4.78 is 5.51. The number of nitrogens with two attached hydrogens (primary N) is 2. The van der Waals surface area contributed by atoms with Crippen LogP contribution in [0.5, 0.6) is 5.75 Å². The van der Waals surface area contributed by atoms with Crippen LogP contribution in [0, 0.1) is 0 Å². The van der Waals surface area contributed by atoms with E-state index >= 15 is 0 Å². The van der Waals surface area contributed by atoms with Gasteiger partial charge in [0, 0.05) is 6.42 Å². The summed E-state index contributed by atoms with van der Waals surface area (Å²) in [5.74, 6) is -0.251.